The predicted octanol–water partition coefficient (Wildman–Crippen LogP) is 2.63. The first kappa shape index (κ1) is 12.2. The van der Waals surface area contributed by atoms with E-state index in [1.165, 1.54) is 16.7 Å². The van der Waals surface area contributed by atoms with Crippen molar-refractivity contribution in [2.75, 3.05) is 13.7 Å². The van der Waals surface area contributed by atoms with Crippen molar-refractivity contribution in [3.05, 3.63) is 58.9 Å². The van der Waals surface area contributed by atoms with Gasteiger partial charge in [0.15, 0.2) is 0 Å². The molecule has 1 N–H and O–H groups in total. The van der Waals surface area contributed by atoms with Crippen molar-refractivity contribution in [3.8, 4) is 5.75 Å². The second kappa shape index (κ2) is 5.02. The molecule has 0 aliphatic carbocycles. The molecule has 2 aromatic rings. The molecule has 3 rings (SSSR count). The number of benzene rings is 1. The summed E-state index contributed by atoms with van der Waals surface area (Å²) >= 11 is 0. The molecule has 1 aromatic carbocycles. The number of hydrogen-bond acceptors (Lipinski definition) is 3. The summed E-state index contributed by atoms with van der Waals surface area (Å²) in [4.78, 5) is 4.53. The zero-order valence-electron chi connectivity index (χ0n) is 11.3. The Balaban J connectivity index is 2.09. The lowest BCUT2D eigenvalue weighted by Crippen LogP contribution is -2.20. The molecule has 19 heavy (non-hydrogen) atoms. The van der Waals surface area contributed by atoms with E-state index >= 15 is 0 Å². The van der Waals surface area contributed by atoms with Crippen molar-refractivity contribution in [3.63, 3.8) is 0 Å². The molecule has 1 unspecified atom stereocenters. The van der Waals surface area contributed by atoms with E-state index in [2.05, 4.69) is 41.5 Å². The molecule has 1 aromatic heterocycles. The van der Waals surface area contributed by atoms with E-state index < -0.39 is 0 Å². The highest BCUT2D eigenvalue weighted by Crippen LogP contribution is 2.36. The maximum Gasteiger partial charge on any atom is 0.127 e. The van der Waals surface area contributed by atoms with Gasteiger partial charge in [0.25, 0.3) is 0 Å². The molecule has 3 nitrogen and oxygen atoms in total. The van der Waals surface area contributed by atoms with E-state index in [1.807, 2.05) is 19.3 Å². The van der Waals surface area contributed by atoms with Crippen LogP contribution in [0.25, 0.3) is 0 Å². The van der Waals surface area contributed by atoms with E-state index in [4.69, 9.17) is 4.74 Å². The van der Waals surface area contributed by atoms with Crippen molar-refractivity contribution in [2.24, 2.45) is 0 Å². The highest BCUT2D eigenvalue weighted by atomic mass is 16.5. The van der Waals surface area contributed by atoms with Crippen LogP contribution >= 0.6 is 0 Å². The Labute approximate surface area is 113 Å². The van der Waals surface area contributed by atoms with Crippen LogP contribution in [-0.2, 0) is 6.42 Å². The van der Waals surface area contributed by atoms with Crippen LogP contribution in [0, 0.1) is 6.92 Å². The maximum absolute atomic E-state index is 5.81. The molecule has 0 fully saturated rings. The molecular formula is C16H18N2O. The topological polar surface area (TPSA) is 34.1 Å². The zero-order valence-corrected chi connectivity index (χ0v) is 11.3. The van der Waals surface area contributed by atoms with E-state index in [9.17, 15) is 0 Å². The average Bonchev–Trinajstić information content (AvgIpc) is 2.91. The molecule has 1 atom stereocenters. The molecule has 0 spiro atoms. The molecule has 98 valence electrons. The van der Waals surface area contributed by atoms with Gasteiger partial charge in [0.1, 0.15) is 5.75 Å². The van der Waals surface area contributed by atoms with Crippen molar-refractivity contribution in [1.29, 1.82) is 0 Å². The molecule has 0 radical (unpaired) electrons. The minimum Gasteiger partial charge on any atom is -0.493 e. The summed E-state index contributed by atoms with van der Waals surface area (Å²) in [6, 6.07) is 10.5. The minimum atomic E-state index is 0.0780. The molecule has 3 heteroatoms. The van der Waals surface area contributed by atoms with Gasteiger partial charge in [-0.3, -0.25) is 4.98 Å². The summed E-state index contributed by atoms with van der Waals surface area (Å²) in [6.45, 7) is 2.88. The maximum atomic E-state index is 5.81. The SMILES string of the molecule is CNC(c1cccc2c1OCC2)c1ncccc1C. The fourth-order valence-electron chi connectivity index (χ4n) is 2.71. The third-order valence-electron chi connectivity index (χ3n) is 3.67. The average molecular weight is 254 g/mol. The molecular weight excluding hydrogens is 236 g/mol. The molecule has 1 aliphatic heterocycles. The van der Waals surface area contributed by atoms with Crippen LogP contribution in [0.4, 0.5) is 0 Å². The number of nitrogens with zero attached hydrogens (tertiary/aromatic N) is 1. The van der Waals surface area contributed by atoms with Crippen molar-refractivity contribution in [2.45, 2.75) is 19.4 Å². The fourth-order valence-corrected chi connectivity index (χ4v) is 2.71. The number of aryl methyl sites for hydroxylation is 1. The standard InChI is InChI=1S/C16H18N2O/c1-11-5-4-9-18-14(11)15(17-2)13-7-3-6-12-8-10-19-16(12)13/h3-7,9,15,17H,8,10H2,1-2H3. The highest BCUT2D eigenvalue weighted by Gasteiger charge is 2.23. The first-order chi connectivity index (χ1) is 9.31. The lowest BCUT2D eigenvalue weighted by Gasteiger charge is -2.20. The summed E-state index contributed by atoms with van der Waals surface area (Å²) in [5.74, 6) is 1.03. The largest absolute Gasteiger partial charge is 0.493 e. The predicted molar refractivity (Wildman–Crippen MR) is 75.5 cm³/mol. The Morgan fingerprint density at radius 2 is 2.16 bits per heavy atom. The Kier molecular flexibility index (Phi) is 3.22. The molecule has 0 bridgehead atoms. The first-order valence-electron chi connectivity index (χ1n) is 6.64. The molecule has 0 amide bonds. The van der Waals surface area contributed by atoms with Gasteiger partial charge in [-0.25, -0.2) is 0 Å². The van der Waals surface area contributed by atoms with Gasteiger partial charge in [-0.15, -0.1) is 0 Å². The van der Waals surface area contributed by atoms with Crippen LogP contribution in [0.5, 0.6) is 5.75 Å². The number of hydrogen-bond donors (Lipinski definition) is 1. The molecule has 2 heterocycles. The Bertz CT molecular complexity index is 595. The van der Waals surface area contributed by atoms with Crippen LogP contribution in [-0.4, -0.2) is 18.6 Å². The number of fused-ring (bicyclic) bond motifs is 1. The van der Waals surface area contributed by atoms with E-state index in [0.717, 1.165) is 24.5 Å². The monoisotopic (exact) mass is 254 g/mol. The molecule has 0 saturated carbocycles. The van der Waals surface area contributed by atoms with Crippen LogP contribution in [0.15, 0.2) is 36.5 Å². The third-order valence-corrected chi connectivity index (χ3v) is 3.67. The summed E-state index contributed by atoms with van der Waals surface area (Å²) in [5, 5.41) is 3.36. The van der Waals surface area contributed by atoms with Gasteiger partial charge in [0.05, 0.1) is 18.3 Å². The molecule has 1 aliphatic rings. The van der Waals surface area contributed by atoms with E-state index in [-0.39, 0.29) is 6.04 Å². The third kappa shape index (κ3) is 2.10. The number of para-hydroxylation sites is 1. The summed E-state index contributed by atoms with van der Waals surface area (Å²) in [7, 11) is 1.97. The van der Waals surface area contributed by atoms with Crippen molar-refractivity contribution in [1.82, 2.24) is 10.3 Å². The Morgan fingerprint density at radius 3 is 2.95 bits per heavy atom. The van der Waals surface area contributed by atoms with Crippen LogP contribution in [0.1, 0.15) is 28.4 Å². The van der Waals surface area contributed by atoms with Gasteiger partial charge in [0.2, 0.25) is 0 Å². The second-order valence-corrected chi connectivity index (χ2v) is 4.86. The first-order valence-corrected chi connectivity index (χ1v) is 6.64. The van der Waals surface area contributed by atoms with Crippen LogP contribution in [0.3, 0.4) is 0 Å². The Morgan fingerprint density at radius 1 is 1.26 bits per heavy atom. The van der Waals surface area contributed by atoms with Gasteiger partial charge in [-0.1, -0.05) is 24.3 Å². The number of aromatic nitrogens is 1. The molecule has 0 saturated heterocycles. The second-order valence-electron chi connectivity index (χ2n) is 4.86. The van der Waals surface area contributed by atoms with Gasteiger partial charge in [0, 0.05) is 18.2 Å². The number of rotatable bonds is 3. The number of pyridine rings is 1. The minimum absolute atomic E-state index is 0.0780. The fraction of sp³-hybridized carbons (Fsp3) is 0.312. The van der Waals surface area contributed by atoms with Crippen LogP contribution < -0.4 is 10.1 Å². The van der Waals surface area contributed by atoms with Crippen molar-refractivity contribution >= 4 is 0 Å². The zero-order chi connectivity index (χ0) is 13.2. The number of ether oxygens (including phenoxy) is 1. The summed E-state index contributed by atoms with van der Waals surface area (Å²) < 4.78 is 5.81. The van der Waals surface area contributed by atoms with Gasteiger partial charge >= 0.3 is 0 Å². The van der Waals surface area contributed by atoms with Crippen LogP contribution in [0.2, 0.25) is 0 Å². The highest BCUT2D eigenvalue weighted by molar-refractivity contribution is 5.48. The lowest BCUT2D eigenvalue weighted by molar-refractivity contribution is 0.351. The summed E-state index contributed by atoms with van der Waals surface area (Å²) in [5.41, 5.74) is 4.73. The van der Waals surface area contributed by atoms with Gasteiger partial charge < -0.3 is 10.1 Å². The van der Waals surface area contributed by atoms with Gasteiger partial charge in [-0.2, -0.15) is 0 Å². The number of nitrogens with one attached hydrogen (secondary N) is 1. The van der Waals surface area contributed by atoms with Crippen molar-refractivity contribution < 1.29 is 4.74 Å². The normalized spacial score (nSPS) is 14.8. The quantitative estimate of drug-likeness (QED) is 0.914. The summed E-state index contributed by atoms with van der Waals surface area (Å²) in [6.07, 6.45) is 2.84. The van der Waals surface area contributed by atoms with E-state index in [0.29, 0.717) is 0 Å². The Hall–Kier alpha value is -1.87. The lowest BCUT2D eigenvalue weighted by atomic mass is 9.97. The van der Waals surface area contributed by atoms with Gasteiger partial charge in [-0.05, 0) is 31.2 Å². The smallest absolute Gasteiger partial charge is 0.127 e. The van der Waals surface area contributed by atoms with E-state index in [1.54, 1.807) is 0 Å².